The first-order valence-electron chi connectivity index (χ1n) is 13.0. The van der Waals surface area contributed by atoms with Crippen molar-refractivity contribution in [3.05, 3.63) is 148 Å². The van der Waals surface area contributed by atoms with Crippen LogP contribution in [-0.2, 0) is 5.41 Å². The number of anilines is 1. The molecule has 1 heterocycles. The van der Waals surface area contributed by atoms with Crippen LogP contribution in [0.1, 0.15) is 40.9 Å². The molecule has 0 N–H and O–H groups in total. The number of benzene rings is 4. The fraction of sp³-hybridized carbons (Fsp3) is 0.171. The van der Waals surface area contributed by atoms with Crippen molar-refractivity contribution < 1.29 is 4.79 Å². The van der Waals surface area contributed by atoms with Crippen molar-refractivity contribution in [1.82, 2.24) is 0 Å². The summed E-state index contributed by atoms with van der Waals surface area (Å²) in [5.41, 5.74) is 6.49. The number of carbonyl (C=O) groups is 1. The van der Waals surface area contributed by atoms with Crippen LogP contribution in [-0.4, -0.2) is 18.4 Å². The second kappa shape index (κ2) is 9.25. The van der Waals surface area contributed by atoms with Gasteiger partial charge in [0.2, 0.25) is 0 Å². The maximum atomic E-state index is 14.7. The summed E-state index contributed by atoms with van der Waals surface area (Å²) in [6.07, 6.45) is 4.61. The third-order valence-corrected chi connectivity index (χ3v) is 9.02. The molecule has 4 aromatic rings. The molecule has 1 aliphatic carbocycles. The van der Waals surface area contributed by atoms with E-state index >= 15 is 0 Å². The normalized spacial score (nSPS) is 21.6. The molecule has 4 aromatic carbocycles. The molecule has 6 rings (SSSR count). The van der Waals surface area contributed by atoms with Gasteiger partial charge in [0.05, 0.1) is 11.5 Å². The number of fused-ring (bicyclic) bond motifs is 1. The van der Waals surface area contributed by atoms with Crippen molar-refractivity contribution in [1.29, 1.82) is 0 Å². The van der Waals surface area contributed by atoms with Crippen molar-refractivity contribution in [3.8, 4) is 0 Å². The molecule has 188 valence electrons. The molecular formula is C35H30BrNO. The van der Waals surface area contributed by atoms with E-state index in [2.05, 4.69) is 121 Å². The molecule has 0 bridgehead atoms. The lowest BCUT2D eigenvalue weighted by Gasteiger charge is -2.52. The summed E-state index contributed by atoms with van der Waals surface area (Å²) in [6, 6.07) is 37.2. The minimum atomic E-state index is -0.645. The van der Waals surface area contributed by atoms with Gasteiger partial charge in [-0.25, -0.2) is 0 Å². The lowest BCUT2D eigenvalue weighted by Crippen LogP contribution is -2.61. The number of rotatable bonds is 4. The van der Waals surface area contributed by atoms with Gasteiger partial charge in [-0.15, -0.1) is 0 Å². The molecule has 3 heteroatoms. The number of Topliss-reactive ketones (excluding diaryl/α,β-unsaturated/α-hetero) is 1. The molecule has 0 saturated heterocycles. The van der Waals surface area contributed by atoms with Gasteiger partial charge in [-0.3, -0.25) is 4.79 Å². The summed E-state index contributed by atoms with van der Waals surface area (Å²) < 4.78 is 1.04. The van der Waals surface area contributed by atoms with Crippen LogP contribution < -0.4 is 4.90 Å². The molecular weight excluding hydrogens is 530 g/mol. The largest absolute Gasteiger partial charge is 0.363 e. The molecule has 0 saturated carbocycles. The molecule has 1 aliphatic heterocycles. The number of ketones is 1. The van der Waals surface area contributed by atoms with Gasteiger partial charge in [-0.05, 0) is 58.2 Å². The van der Waals surface area contributed by atoms with Crippen LogP contribution in [0.4, 0.5) is 5.69 Å². The van der Waals surface area contributed by atoms with E-state index in [0.717, 1.165) is 38.0 Å². The Morgan fingerprint density at radius 1 is 0.789 bits per heavy atom. The molecule has 0 fully saturated rings. The Hall–Kier alpha value is -3.69. The molecule has 2 nitrogen and oxygen atoms in total. The second-order valence-electron chi connectivity index (χ2n) is 10.8. The van der Waals surface area contributed by atoms with Crippen LogP contribution >= 0.6 is 15.9 Å². The van der Waals surface area contributed by atoms with Gasteiger partial charge in [-0.1, -0.05) is 121 Å². The van der Waals surface area contributed by atoms with Crippen LogP contribution in [0.2, 0.25) is 0 Å². The van der Waals surface area contributed by atoms with Crippen LogP contribution in [0.25, 0.3) is 11.1 Å². The van der Waals surface area contributed by atoms with Crippen LogP contribution in [0.5, 0.6) is 0 Å². The highest BCUT2D eigenvalue weighted by Gasteiger charge is 2.62. The Labute approximate surface area is 233 Å². The number of likely N-dealkylation sites (N-methyl/N-ethyl adjacent to an activating group) is 1. The maximum absolute atomic E-state index is 14.7. The van der Waals surface area contributed by atoms with Crippen molar-refractivity contribution in [2.75, 3.05) is 11.9 Å². The molecule has 0 amide bonds. The van der Waals surface area contributed by atoms with E-state index in [0.29, 0.717) is 0 Å². The van der Waals surface area contributed by atoms with E-state index in [1.165, 1.54) is 5.56 Å². The number of nitrogens with zero attached hydrogens (tertiary/aromatic N) is 1. The van der Waals surface area contributed by atoms with Crippen LogP contribution in [0.3, 0.4) is 0 Å². The van der Waals surface area contributed by atoms with E-state index in [-0.39, 0.29) is 11.2 Å². The van der Waals surface area contributed by atoms with E-state index in [1.807, 2.05) is 42.5 Å². The average Bonchev–Trinajstić information content (AvgIpc) is 3.11. The third-order valence-electron chi connectivity index (χ3n) is 8.52. The Balaban J connectivity index is 1.69. The molecule has 2 atom stereocenters. The predicted octanol–water partition coefficient (Wildman–Crippen LogP) is 8.60. The van der Waals surface area contributed by atoms with E-state index in [1.54, 1.807) is 0 Å². The lowest BCUT2D eigenvalue weighted by molar-refractivity contribution is 0.0885. The highest BCUT2D eigenvalue weighted by atomic mass is 79.9. The summed E-state index contributed by atoms with van der Waals surface area (Å²) in [7, 11) is 2.15. The molecule has 0 aromatic heterocycles. The zero-order valence-corrected chi connectivity index (χ0v) is 23.4. The van der Waals surface area contributed by atoms with Gasteiger partial charge >= 0.3 is 0 Å². The van der Waals surface area contributed by atoms with E-state index < -0.39 is 11.5 Å². The van der Waals surface area contributed by atoms with E-state index in [9.17, 15) is 4.79 Å². The first-order valence-corrected chi connectivity index (χ1v) is 13.8. The van der Waals surface area contributed by atoms with Gasteiger partial charge < -0.3 is 4.90 Å². The third kappa shape index (κ3) is 3.64. The zero-order valence-electron chi connectivity index (χ0n) is 21.9. The van der Waals surface area contributed by atoms with Gasteiger partial charge in [0.15, 0.2) is 5.78 Å². The summed E-state index contributed by atoms with van der Waals surface area (Å²) in [4.78, 5) is 17.1. The van der Waals surface area contributed by atoms with Gasteiger partial charge in [0.1, 0.15) is 0 Å². The van der Waals surface area contributed by atoms with Gasteiger partial charge in [0, 0.05) is 28.2 Å². The Morgan fingerprint density at radius 2 is 1.37 bits per heavy atom. The second-order valence-corrected chi connectivity index (χ2v) is 11.7. The standard InChI is InChI=1S/C35H30BrNO/c1-34(2)30-22-28(36)19-20-31(30)37(3)35(34)23-27(24-13-7-4-8-14-24)21-29(25-15-9-5-10-16-25)32(35)33(38)26-17-11-6-12-18-26/h4-23,32H,1-3H3/t32-,35-/m0/s1. The fourth-order valence-electron chi connectivity index (χ4n) is 6.61. The Bertz CT molecular complexity index is 1570. The number of halogens is 1. The molecule has 38 heavy (non-hydrogen) atoms. The number of carbonyl (C=O) groups excluding carboxylic acids is 1. The summed E-state index contributed by atoms with van der Waals surface area (Å²) in [5.74, 6) is -0.290. The fourth-order valence-corrected chi connectivity index (χ4v) is 6.97. The van der Waals surface area contributed by atoms with Crippen molar-refractivity contribution in [2.24, 2.45) is 5.92 Å². The van der Waals surface area contributed by atoms with Crippen molar-refractivity contribution in [2.45, 2.75) is 24.8 Å². The Morgan fingerprint density at radius 3 is 2.00 bits per heavy atom. The minimum absolute atomic E-state index is 0.135. The van der Waals surface area contributed by atoms with E-state index in [4.69, 9.17) is 0 Å². The highest BCUT2D eigenvalue weighted by molar-refractivity contribution is 9.10. The number of hydrogen-bond acceptors (Lipinski definition) is 2. The SMILES string of the molecule is CN1c2ccc(Br)cc2C(C)(C)[C@@]12C=C(c1ccccc1)C=C(c1ccccc1)[C@H]2C(=O)c1ccccc1. The van der Waals surface area contributed by atoms with Gasteiger partial charge in [0.25, 0.3) is 0 Å². The van der Waals surface area contributed by atoms with Crippen LogP contribution in [0.15, 0.2) is 126 Å². The first-order chi connectivity index (χ1) is 18.3. The summed E-state index contributed by atoms with van der Waals surface area (Å²) in [5, 5.41) is 0. The average molecular weight is 561 g/mol. The molecule has 0 radical (unpaired) electrons. The monoisotopic (exact) mass is 559 g/mol. The summed E-state index contributed by atoms with van der Waals surface area (Å²) >= 11 is 3.71. The Kier molecular flexibility index (Phi) is 6.00. The zero-order chi connectivity index (χ0) is 26.5. The molecule has 0 unspecified atom stereocenters. The maximum Gasteiger partial charge on any atom is 0.173 e. The first kappa shape index (κ1) is 24.6. The van der Waals surface area contributed by atoms with Gasteiger partial charge in [-0.2, -0.15) is 0 Å². The lowest BCUT2D eigenvalue weighted by atomic mass is 9.57. The van der Waals surface area contributed by atoms with Crippen molar-refractivity contribution in [3.63, 3.8) is 0 Å². The number of allylic oxidation sites excluding steroid dienone is 2. The van der Waals surface area contributed by atoms with Crippen LogP contribution in [0, 0.1) is 5.92 Å². The minimum Gasteiger partial charge on any atom is -0.363 e. The highest BCUT2D eigenvalue weighted by Crippen LogP contribution is 2.60. The molecule has 1 spiro atoms. The molecule has 2 aliphatic rings. The predicted molar refractivity (Wildman–Crippen MR) is 161 cm³/mol. The van der Waals surface area contributed by atoms with Crippen molar-refractivity contribution >= 4 is 38.5 Å². The summed E-state index contributed by atoms with van der Waals surface area (Å²) in [6.45, 7) is 4.58. The number of hydrogen-bond donors (Lipinski definition) is 0. The smallest absolute Gasteiger partial charge is 0.173 e. The quantitative estimate of drug-likeness (QED) is 0.233. The topological polar surface area (TPSA) is 20.3 Å².